The summed E-state index contributed by atoms with van der Waals surface area (Å²) in [4.78, 5) is 14.7. The van der Waals surface area contributed by atoms with Gasteiger partial charge in [0.25, 0.3) is 5.91 Å². The molecule has 7 heteroatoms. The van der Waals surface area contributed by atoms with Crippen LogP contribution < -0.4 is 5.32 Å². The minimum Gasteiger partial charge on any atom is -0.348 e. The zero-order valence-corrected chi connectivity index (χ0v) is 17.9. The molecule has 2 aromatic carbocycles. The molecule has 1 aliphatic rings. The van der Waals surface area contributed by atoms with E-state index < -0.39 is 10.0 Å². The highest BCUT2D eigenvalue weighted by Crippen LogP contribution is 2.13. The molecule has 0 atom stereocenters. The maximum Gasteiger partial charge on any atom is 0.251 e. The van der Waals surface area contributed by atoms with Crippen LogP contribution in [0.4, 0.5) is 0 Å². The number of piperazine rings is 1. The topological polar surface area (TPSA) is 69.7 Å². The van der Waals surface area contributed by atoms with Gasteiger partial charge in [-0.3, -0.25) is 9.69 Å². The van der Waals surface area contributed by atoms with E-state index in [-0.39, 0.29) is 11.7 Å². The first-order chi connectivity index (χ1) is 13.9. The second kappa shape index (κ2) is 9.52. The summed E-state index contributed by atoms with van der Waals surface area (Å²) in [5.41, 5.74) is 3.96. The van der Waals surface area contributed by atoms with Crippen LogP contribution in [0.1, 0.15) is 34.0 Å². The van der Waals surface area contributed by atoms with Crippen molar-refractivity contribution in [2.75, 3.05) is 31.9 Å². The summed E-state index contributed by atoms with van der Waals surface area (Å²) in [5, 5.41) is 2.97. The predicted octanol–water partition coefficient (Wildman–Crippen LogP) is 2.39. The molecule has 0 spiro atoms. The van der Waals surface area contributed by atoms with Gasteiger partial charge < -0.3 is 5.32 Å². The van der Waals surface area contributed by atoms with Crippen LogP contribution in [0.25, 0.3) is 0 Å². The highest BCUT2D eigenvalue weighted by Gasteiger charge is 2.25. The molecule has 0 unspecified atom stereocenters. The van der Waals surface area contributed by atoms with E-state index in [1.807, 2.05) is 55.5 Å². The normalized spacial score (nSPS) is 15.9. The van der Waals surface area contributed by atoms with Gasteiger partial charge >= 0.3 is 0 Å². The van der Waals surface area contributed by atoms with Crippen molar-refractivity contribution in [1.29, 1.82) is 0 Å². The van der Waals surface area contributed by atoms with Gasteiger partial charge in [-0.05, 0) is 37.1 Å². The second-order valence-electron chi connectivity index (χ2n) is 7.44. The molecule has 0 bridgehead atoms. The lowest BCUT2D eigenvalue weighted by atomic mass is 10.1. The maximum absolute atomic E-state index is 12.5. The number of amides is 1. The summed E-state index contributed by atoms with van der Waals surface area (Å²) in [6.07, 6.45) is 0. The van der Waals surface area contributed by atoms with Crippen LogP contribution in [0.3, 0.4) is 0 Å². The minimum atomic E-state index is -3.11. The van der Waals surface area contributed by atoms with Crippen molar-refractivity contribution < 1.29 is 13.2 Å². The molecular weight excluding hydrogens is 386 g/mol. The van der Waals surface area contributed by atoms with Crippen LogP contribution in [-0.2, 0) is 23.1 Å². The molecule has 2 aromatic rings. The lowest BCUT2D eigenvalue weighted by Gasteiger charge is -2.33. The van der Waals surface area contributed by atoms with Gasteiger partial charge in [0.2, 0.25) is 10.0 Å². The number of carbonyl (C=O) groups excluding carboxylic acids is 1. The summed E-state index contributed by atoms with van der Waals surface area (Å²) >= 11 is 0. The summed E-state index contributed by atoms with van der Waals surface area (Å²) in [7, 11) is -3.11. The summed E-state index contributed by atoms with van der Waals surface area (Å²) in [6, 6.07) is 15.7. The van der Waals surface area contributed by atoms with Crippen LogP contribution in [-0.4, -0.2) is 55.5 Å². The van der Waals surface area contributed by atoms with Crippen molar-refractivity contribution in [2.45, 2.75) is 26.9 Å². The molecule has 1 aliphatic heterocycles. The highest BCUT2D eigenvalue weighted by atomic mass is 32.2. The Morgan fingerprint density at radius 2 is 1.69 bits per heavy atom. The molecule has 6 nitrogen and oxygen atoms in total. The number of aryl methyl sites for hydroxylation is 1. The number of nitrogens with zero attached hydrogens (tertiary/aromatic N) is 2. The van der Waals surface area contributed by atoms with E-state index in [1.165, 1.54) is 5.56 Å². The van der Waals surface area contributed by atoms with Crippen LogP contribution in [0.5, 0.6) is 0 Å². The number of hydrogen-bond acceptors (Lipinski definition) is 4. The predicted molar refractivity (Wildman–Crippen MR) is 115 cm³/mol. The van der Waals surface area contributed by atoms with E-state index in [0.717, 1.165) is 11.1 Å². The average Bonchev–Trinajstić information content (AvgIpc) is 2.74. The Labute approximate surface area is 173 Å². The molecule has 3 rings (SSSR count). The van der Waals surface area contributed by atoms with E-state index in [0.29, 0.717) is 44.8 Å². The monoisotopic (exact) mass is 415 g/mol. The zero-order chi connectivity index (χ0) is 20.9. The molecule has 0 aliphatic carbocycles. The molecule has 0 saturated carbocycles. The van der Waals surface area contributed by atoms with Crippen LogP contribution in [0.2, 0.25) is 0 Å². The van der Waals surface area contributed by atoms with Crippen molar-refractivity contribution in [3.63, 3.8) is 0 Å². The van der Waals surface area contributed by atoms with Gasteiger partial charge in [0.15, 0.2) is 0 Å². The van der Waals surface area contributed by atoms with Crippen molar-refractivity contribution in [1.82, 2.24) is 14.5 Å². The smallest absolute Gasteiger partial charge is 0.251 e. The molecule has 1 saturated heterocycles. The second-order valence-corrected chi connectivity index (χ2v) is 9.70. The first kappa shape index (κ1) is 21.5. The molecule has 1 N–H and O–H groups in total. The van der Waals surface area contributed by atoms with Gasteiger partial charge in [0.1, 0.15) is 0 Å². The fourth-order valence-corrected chi connectivity index (χ4v) is 4.49. The highest BCUT2D eigenvalue weighted by molar-refractivity contribution is 7.89. The molecule has 29 heavy (non-hydrogen) atoms. The Kier molecular flexibility index (Phi) is 7.05. The third-order valence-electron chi connectivity index (χ3n) is 5.26. The number of benzene rings is 2. The lowest BCUT2D eigenvalue weighted by molar-refractivity contribution is 0.0950. The van der Waals surface area contributed by atoms with Gasteiger partial charge in [-0.15, -0.1) is 0 Å². The molecule has 1 fully saturated rings. The van der Waals surface area contributed by atoms with E-state index in [4.69, 9.17) is 0 Å². The van der Waals surface area contributed by atoms with Crippen LogP contribution in [0, 0.1) is 6.92 Å². The number of carbonyl (C=O) groups is 1. The SMILES string of the molecule is CCS(=O)(=O)N1CCN(Cc2cccc(C(=O)NCc3ccc(C)cc3)c2)CC1. The Hall–Kier alpha value is -2.22. The Balaban J connectivity index is 1.54. The van der Waals surface area contributed by atoms with Crippen molar-refractivity contribution in [3.05, 3.63) is 70.8 Å². The quantitative estimate of drug-likeness (QED) is 0.754. The summed E-state index contributed by atoms with van der Waals surface area (Å²) < 4.78 is 25.5. The van der Waals surface area contributed by atoms with E-state index in [9.17, 15) is 13.2 Å². The van der Waals surface area contributed by atoms with Gasteiger partial charge in [-0.25, -0.2) is 8.42 Å². The Morgan fingerprint density at radius 1 is 1.00 bits per heavy atom. The van der Waals surface area contributed by atoms with Crippen molar-refractivity contribution in [3.8, 4) is 0 Å². The van der Waals surface area contributed by atoms with Gasteiger partial charge in [0, 0.05) is 44.8 Å². The molecule has 0 radical (unpaired) electrons. The summed E-state index contributed by atoms with van der Waals surface area (Å²) in [6.45, 7) is 7.36. The zero-order valence-electron chi connectivity index (χ0n) is 17.1. The first-order valence-corrected chi connectivity index (χ1v) is 11.6. The lowest BCUT2D eigenvalue weighted by Crippen LogP contribution is -2.48. The fraction of sp³-hybridized carbons (Fsp3) is 0.409. The molecule has 156 valence electrons. The number of rotatable bonds is 7. The molecule has 1 amide bonds. The van der Waals surface area contributed by atoms with Gasteiger partial charge in [-0.2, -0.15) is 4.31 Å². The standard InChI is InChI=1S/C22H29N3O3S/c1-3-29(27,28)25-13-11-24(12-14-25)17-20-5-4-6-21(15-20)22(26)23-16-19-9-7-18(2)8-10-19/h4-10,15H,3,11-14,16-17H2,1-2H3,(H,23,26). The van der Waals surface area contributed by atoms with Crippen LogP contribution >= 0.6 is 0 Å². The Morgan fingerprint density at radius 3 is 2.34 bits per heavy atom. The van der Waals surface area contributed by atoms with E-state index >= 15 is 0 Å². The van der Waals surface area contributed by atoms with Crippen molar-refractivity contribution in [2.24, 2.45) is 0 Å². The average molecular weight is 416 g/mol. The minimum absolute atomic E-state index is 0.0914. The third-order valence-corrected chi connectivity index (χ3v) is 7.14. The van der Waals surface area contributed by atoms with Gasteiger partial charge in [-0.1, -0.05) is 42.0 Å². The largest absolute Gasteiger partial charge is 0.348 e. The molecular formula is C22H29N3O3S. The van der Waals surface area contributed by atoms with E-state index in [2.05, 4.69) is 10.2 Å². The molecule has 0 aromatic heterocycles. The first-order valence-electron chi connectivity index (χ1n) is 10.0. The Bertz CT molecular complexity index is 934. The number of sulfonamides is 1. The fourth-order valence-electron chi connectivity index (χ4n) is 3.41. The molecule has 1 heterocycles. The van der Waals surface area contributed by atoms with Gasteiger partial charge in [0.05, 0.1) is 5.75 Å². The van der Waals surface area contributed by atoms with Crippen molar-refractivity contribution >= 4 is 15.9 Å². The van der Waals surface area contributed by atoms with E-state index in [1.54, 1.807) is 11.2 Å². The maximum atomic E-state index is 12.5. The van der Waals surface area contributed by atoms with Crippen LogP contribution in [0.15, 0.2) is 48.5 Å². The number of hydrogen-bond donors (Lipinski definition) is 1. The third kappa shape index (κ3) is 5.88. The summed E-state index contributed by atoms with van der Waals surface area (Å²) in [5.74, 6) is 0.0542. The number of nitrogens with one attached hydrogen (secondary N) is 1.